The van der Waals surface area contributed by atoms with Crippen molar-refractivity contribution in [2.45, 2.75) is 95.5 Å². The summed E-state index contributed by atoms with van der Waals surface area (Å²) in [5, 5.41) is 12.3. The lowest BCUT2D eigenvalue weighted by Crippen LogP contribution is -2.52. The number of aliphatic carboxylic acids is 1. The number of halogens is 7. The molecule has 288 valence electrons. The molecular formula is C38H42F7N3O5. The Hall–Kier alpha value is -4.24. The lowest BCUT2D eigenvalue weighted by molar-refractivity contribution is -0.139. The molecule has 0 aliphatic carbocycles. The summed E-state index contributed by atoms with van der Waals surface area (Å²) in [7, 11) is 1.53. The van der Waals surface area contributed by atoms with Crippen LogP contribution in [0.4, 0.5) is 30.7 Å². The topological polar surface area (TPSA) is 101 Å². The Kier molecular flexibility index (Phi) is 12.7. The fraction of sp³-hybridized carbons (Fsp3) is 0.500. The van der Waals surface area contributed by atoms with Crippen molar-refractivity contribution in [1.82, 2.24) is 14.8 Å². The second-order valence-corrected chi connectivity index (χ2v) is 13.8. The molecular weight excluding hydrogens is 711 g/mol. The second-order valence-electron chi connectivity index (χ2n) is 13.8. The minimum absolute atomic E-state index is 0.0454. The number of rotatable bonds is 8. The molecule has 3 heterocycles. The van der Waals surface area contributed by atoms with Crippen molar-refractivity contribution in [3.63, 3.8) is 0 Å². The van der Waals surface area contributed by atoms with Crippen molar-refractivity contribution >= 4 is 11.9 Å². The summed E-state index contributed by atoms with van der Waals surface area (Å²) in [6.45, 7) is 2.82. The van der Waals surface area contributed by atoms with Gasteiger partial charge in [0.1, 0.15) is 17.7 Å². The highest BCUT2D eigenvalue weighted by molar-refractivity contribution is 5.82. The van der Waals surface area contributed by atoms with Crippen molar-refractivity contribution in [3.05, 3.63) is 91.9 Å². The molecule has 5 rings (SSSR count). The van der Waals surface area contributed by atoms with Gasteiger partial charge in [-0.3, -0.25) is 19.3 Å². The lowest BCUT2D eigenvalue weighted by Gasteiger charge is -2.38. The lowest BCUT2D eigenvalue weighted by atomic mass is 9.88. The Bertz CT molecular complexity index is 1870. The number of methoxy groups -OCH3 is 1. The molecule has 15 heteroatoms. The molecule has 1 fully saturated rings. The van der Waals surface area contributed by atoms with Gasteiger partial charge in [-0.05, 0) is 84.7 Å². The van der Waals surface area contributed by atoms with E-state index in [0.717, 1.165) is 22.9 Å². The third-order valence-corrected chi connectivity index (χ3v) is 10.1. The number of aromatic nitrogens is 1. The van der Waals surface area contributed by atoms with Crippen LogP contribution >= 0.6 is 0 Å². The van der Waals surface area contributed by atoms with E-state index in [1.807, 2.05) is 4.90 Å². The van der Waals surface area contributed by atoms with E-state index in [9.17, 15) is 45.8 Å². The highest BCUT2D eigenvalue weighted by atomic mass is 19.4. The number of pyridine rings is 1. The summed E-state index contributed by atoms with van der Waals surface area (Å²) < 4.78 is 108. The normalized spacial score (nSPS) is 19.5. The molecule has 2 bridgehead atoms. The monoisotopic (exact) mass is 753 g/mol. The van der Waals surface area contributed by atoms with E-state index in [1.54, 1.807) is 6.92 Å². The number of benzene rings is 2. The molecule has 2 aliphatic rings. The molecule has 0 spiro atoms. The summed E-state index contributed by atoms with van der Waals surface area (Å²) >= 11 is 0. The maximum absolute atomic E-state index is 16.0. The van der Waals surface area contributed by atoms with Crippen LogP contribution in [0.3, 0.4) is 0 Å². The first-order valence-corrected chi connectivity index (χ1v) is 17.6. The highest BCUT2D eigenvalue weighted by Crippen LogP contribution is 2.38. The Morgan fingerprint density at radius 3 is 2.38 bits per heavy atom. The van der Waals surface area contributed by atoms with Gasteiger partial charge in [-0.2, -0.15) is 13.2 Å². The summed E-state index contributed by atoms with van der Waals surface area (Å²) in [4.78, 5) is 41.5. The highest BCUT2D eigenvalue weighted by Gasteiger charge is 2.37. The number of hydrogen-bond donors (Lipinski definition) is 2. The number of carbonyl (C=O) groups is 2. The number of carboxylic acid groups (broad SMARTS) is 1. The van der Waals surface area contributed by atoms with Crippen LogP contribution in [-0.4, -0.2) is 59.3 Å². The van der Waals surface area contributed by atoms with Crippen LogP contribution in [0, 0.1) is 18.6 Å². The van der Waals surface area contributed by atoms with Crippen LogP contribution < -0.4 is 10.9 Å². The SMILES string of the molecule is COC1CN(CCc2cn([C@H]3CCCCCCCc4cc(F)cc(C)c4-c4cc(C(F)F)c(F)c(c4)[C@H](CC(=O)O)NC3=O)c(=O)cc2C(F)(F)F)C1. The molecule has 0 radical (unpaired) electrons. The van der Waals surface area contributed by atoms with Crippen LogP contribution in [0.1, 0.15) is 96.8 Å². The first-order valence-electron chi connectivity index (χ1n) is 17.6. The number of aryl methyl sites for hydroxylation is 2. The molecule has 0 unspecified atom stereocenters. The van der Waals surface area contributed by atoms with Crippen LogP contribution in [0.25, 0.3) is 11.1 Å². The molecule has 8 nitrogen and oxygen atoms in total. The minimum atomic E-state index is -4.87. The number of amides is 1. The number of ether oxygens (including phenoxy) is 1. The molecule has 1 amide bonds. The number of carboxylic acids is 1. The van der Waals surface area contributed by atoms with E-state index in [-0.39, 0.29) is 36.6 Å². The zero-order valence-corrected chi connectivity index (χ0v) is 29.4. The van der Waals surface area contributed by atoms with E-state index in [4.69, 9.17) is 4.74 Å². The molecule has 2 N–H and O–H groups in total. The predicted molar refractivity (Wildman–Crippen MR) is 182 cm³/mol. The first-order chi connectivity index (χ1) is 25.1. The van der Waals surface area contributed by atoms with Crippen LogP contribution in [0.15, 0.2) is 41.3 Å². The van der Waals surface area contributed by atoms with E-state index in [1.165, 1.54) is 19.2 Å². The van der Waals surface area contributed by atoms with Gasteiger partial charge in [0.15, 0.2) is 0 Å². The van der Waals surface area contributed by atoms with E-state index >= 15 is 4.39 Å². The van der Waals surface area contributed by atoms with Crippen LogP contribution in [-0.2, 0) is 33.3 Å². The largest absolute Gasteiger partial charge is 0.481 e. The summed E-state index contributed by atoms with van der Waals surface area (Å²) in [6, 6.07) is 1.84. The summed E-state index contributed by atoms with van der Waals surface area (Å²) in [5.41, 5.74) is -2.81. The molecule has 3 aromatic rings. The summed E-state index contributed by atoms with van der Waals surface area (Å²) in [6.07, 6.45) is -5.25. The van der Waals surface area contributed by atoms with Gasteiger partial charge >= 0.3 is 12.1 Å². The first kappa shape index (κ1) is 40.0. The van der Waals surface area contributed by atoms with Crippen molar-refractivity contribution in [2.24, 2.45) is 0 Å². The molecule has 2 atom stereocenters. The average Bonchev–Trinajstić information content (AvgIpc) is 3.04. The van der Waals surface area contributed by atoms with Crippen molar-refractivity contribution in [3.8, 4) is 11.1 Å². The van der Waals surface area contributed by atoms with Gasteiger partial charge < -0.3 is 19.7 Å². The molecule has 2 aliphatic heterocycles. The van der Waals surface area contributed by atoms with E-state index in [2.05, 4.69) is 5.32 Å². The van der Waals surface area contributed by atoms with Crippen molar-refractivity contribution in [2.75, 3.05) is 26.7 Å². The van der Waals surface area contributed by atoms with E-state index < -0.39 is 76.9 Å². The quantitative estimate of drug-likeness (QED) is 0.229. The van der Waals surface area contributed by atoms with Gasteiger partial charge in [-0.1, -0.05) is 25.7 Å². The Morgan fingerprint density at radius 1 is 1.02 bits per heavy atom. The van der Waals surface area contributed by atoms with Gasteiger partial charge in [-0.25, -0.2) is 17.6 Å². The van der Waals surface area contributed by atoms with Gasteiger partial charge in [0.25, 0.3) is 12.0 Å². The summed E-state index contributed by atoms with van der Waals surface area (Å²) in [5.74, 6) is -4.51. The fourth-order valence-electron chi connectivity index (χ4n) is 7.34. The third-order valence-electron chi connectivity index (χ3n) is 10.1. The van der Waals surface area contributed by atoms with Gasteiger partial charge in [0.05, 0.1) is 29.7 Å². The van der Waals surface area contributed by atoms with Gasteiger partial charge in [-0.15, -0.1) is 0 Å². The zero-order chi connectivity index (χ0) is 38.6. The van der Waals surface area contributed by atoms with Crippen molar-refractivity contribution < 1.29 is 50.2 Å². The molecule has 53 heavy (non-hydrogen) atoms. The predicted octanol–water partition coefficient (Wildman–Crippen LogP) is 7.70. The fourth-order valence-corrected chi connectivity index (χ4v) is 7.34. The molecule has 2 aromatic carbocycles. The molecule has 1 saturated heterocycles. The number of likely N-dealkylation sites (tertiary alicyclic amines) is 1. The molecule has 1 aromatic heterocycles. The van der Waals surface area contributed by atoms with Crippen molar-refractivity contribution in [1.29, 1.82) is 0 Å². The molecule has 0 saturated carbocycles. The number of fused-ring (bicyclic) bond motifs is 4. The van der Waals surface area contributed by atoms with Crippen LogP contribution in [0.2, 0.25) is 0 Å². The second kappa shape index (κ2) is 16.8. The van der Waals surface area contributed by atoms with Gasteiger partial charge in [0, 0.05) is 44.6 Å². The zero-order valence-electron chi connectivity index (χ0n) is 29.4. The maximum Gasteiger partial charge on any atom is 0.416 e. The number of nitrogens with one attached hydrogen (secondary N) is 1. The maximum atomic E-state index is 16.0. The average molecular weight is 754 g/mol. The number of nitrogens with zero attached hydrogens (tertiary/aromatic N) is 2. The number of carbonyl (C=O) groups excluding carboxylic acids is 1. The Balaban J connectivity index is 1.61. The smallest absolute Gasteiger partial charge is 0.416 e. The standard InChI is InChI=1S/C38H42F7N3O5/c1-21-12-25(39)13-22-8-6-4-3-5-7-9-31(48-18-23(10-11-47-19-26(20-47)53-2)29(16-32(48)49)38(43,44)45)37(52)46-30(17-33(50)51)27-14-24(34(21)22)15-28(35(27)40)36(41)42/h12-16,18,26,30-31,36H,3-11,17,19-20H2,1-2H3,(H,46,52)(H,50,51)/t30-,31-/m0/s1. The van der Waals surface area contributed by atoms with Gasteiger partial charge in [0.2, 0.25) is 5.91 Å². The number of hydrogen-bond acceptors (Lipinski definition) is 5. The third kappa shape index (κ3) is 9.47. The Labute approximate surface area is 301 Å². The Morgan fingerprint density at radius 2 is 1.72 bits per heavy atom. The van der Waals surface area contributed by atoms with E-state index in [0.29, 0.717) is 74.4 Å². The minimum Gasteiger partial charge on any atom is -0.481 e. The number of alkyl halides is 5. The van der Waals surface area contributed by atoms with Crippen LogP contribution in [0.5, 0.6) is 0 Å².